The summed E-state index contributed by atoms with van der Waals surface area (Å²) >= 11 is 0. The van der Waals surface area contributed by atoms with Gasteiger partial charge in [0.25, 0.3) is 0 Å². The predicted octanol–water partition coefficient (Wildman–Crippen LogP) is 8.02. The lowest BCUT2D eigenvalue weighted by molar-refractivity contribution is 0.0734. The Bertz CT molecular complexity index is 795. The summed E-state index contributed by atoms with van der Waals surface area (Å²) in [7, 11) is 0. The van der Waals surface area contributed by atoms with E-state index in [2.05, 4.69) is 20.4 Å². The molecule has 0 saturated heterocycles. The topological polar surface area (TPSA) is 44.8 Å². The van der Waals surface area contributed by atoms with Crippen molar-refractivity contribution in [3.63, 3.8) is 0 Å². The average Bonchev–Trinajstić information content (AvgIpc) is 2.85. The third-order valence-electron chi connectivity index (χ3n) is 5.68. The molecular weight excluding hydrogens is 412 g/mol. The van der Waals surface area contributed by atoms with Gasteiger partial charge < -0.3 is 14.2 Å². The first-order valence-corrected chi connectivity index (χ1v) is 12.4. The minimum atomic E-state index is -0.387. The van der Waals surface area contributed by atoms with Gasteiger partial charge in [0.1, 0.15) is 17.2 Å². The van der Waals surface area contributed by atoms with Gasteiger partial charge in [0, 0.05) is 0 Å². The lowest BCUT2D eigenvalue weighted by Crippen LogP contribution is -2.09. The molecule has 0 bridgehead atoms. The maximum Gasteiger partial charge on any atom is 0.343 e. The van der Waals surface area contributed by atoms with Crippen LogP contribution in [0.2, 0.25) is 0 Å². The second kappa shape index (κ2) is 16.0. The van der Waals surface area contributed by atoms with Crippen LogP contribution in [0, 0.1) is 5.92 Å². The number of unbranched alkanes of at least 4 members (excludes halogenated alkanes) is 7. The number of hydrogen-bond acceptors (Lipinski definition) is 4. The van der Waals surface area contributed by atoms with Gasteiger partial charge in [-0.2, -0.15) is 0 Å². The Morgan fingerprint density at radius 2 is 1.36 bits per heavy atom. The van der Waals surface area contributed by atoms with Crippen molar-refractivity contribution in [1.82, 2.24) is 0 Å². The number of carbonyl (C=O) groups excluding carboxylic acids is 1. The van der Waals surface area contributed by atoms with Crippen molar-refractivity contribution >= 4 is 5.97 Å². The van der Waals surface area contributed by atoms with E-state index in [1.807, 2.05) is 18.2 Å². The molecule has 4 nitrogen and oxygen atoms in total. The van der Waals surface area contributed by atoms with Crippen LogP contribution in [0.25, 0.3) is 0 Å². The first-order valence-electron chi connectivity index (χ1n) is 12.4. The first kappa shape index (κ1) is 26.5. The fraction of sp³-hybridized carbons (Fsp3) is 0.483. The summed E-state index contributed by atoms with van der Waals surface area (Å²) in [6, 6.07) is 14.3. The zero-order valence-electron chi connectivity index (χ0n) is 20.4. The lowest BCUT2D eigenvalue weighted by Gasteiger charge is -2.11. The molecule has 2 aromatic carbocycles. The van der Waals surface area contributed by atoms with E-state index in [4.69, 9.17) is 14.2 Å². The highest BCUT2D eigenvalue weighted by molar-refractivity contribution is 5.91. The average molecular weight is 453 g/mol. The molecule has 2 rings (SSSR count). The molecule has 0 aliphatic heterocycles. The van der Waals surface area contributed by atoms with Gasteiger partial charge in [-0.3, -0.25) is 0 Å². The summed E-state index contributed by atoms with van der Waals surface area (Å²) in [5.74, 6) is 2.17. The largest absolute Gasteiger partial charge is 0.494 e. The maximum atomic E-state index is 12.4. The summed E-state index contributed by atoms with van der Waals surface area (Å²) in [6.45, 7) is 9.43. The minimum absolute atomic E-state index is 0.387. The zero-order valence-corrected chi connectivity index (χ0v) is 20.4. The van der Waals surface area contributed by atoms with Gasteiger partial charge in [0.2, 0.25) is 0 Å². The van der Waals surface area contributed by atoms with Crippen LogP contribution in [0.1, 0.15) is 82.0 Å². The molecule has 0 amide bonds. The van der Waals surface area contributed by atoms with Gasteiger partial charge in [0.15, 0.2) is 0 Å². The summed E-state index contributed by atoms with van der Waals surface area (Å²) < 4.78 is 17.0. The van der Waals surface area contributed by atoms with Gasteiger partial charge in [-0.1, -0.05) is 58.4 Å². The van der Waals surface area contributed by atoms with Crippen LogP contribution < -0.4 is 14.2 Å². The molecule has 0 saturated carbocycles. The molecule has 0 unspecified atom stereocenters. The molecule has 2 aromatic rings. The molecule has 1 atom stereocenters. The molecule has 0 spiro atoms. The molecule has 0 fully saturated rings. The van der Waals surface area contributed by atoms with E-state index in [1.165, 1.54) is 38.5 Å². The van der Waals surface area contributed by atoms with Gasteiger partial charge in [-0.15, -0.1) is 6.58 Å². The lowest BCUT2D eigenvalue weighted by atomic mass is 10.1. The number of carbonyl (C=O) groups is 1. The van der Waals surface area contributed by atoms with Gasteiger partial charge >= 0.3 is 5.97 Å². The zero-order chi connectivity index (χ0) is 23.7. The maximum absolute atomic E-state index is 12.4. The van der Waals surface area contributed by atoms with Gasteiger partial charge in [-0.25, -0.2) is 4.79 Å². The molecule has 33 heavy (non-hydrogen) atoms. The van der Waals surface area contributed by atoms with E-state index in [0.717, 1.165) is 30.8 Å². The highest BCUT2D eigenvalue weighted by Crippen LogP contribution is 2.20. The highest BCUT2D eigenvalue weighted by atomic mass is 16.5. The van der Waals surface area contributed by atoms with Crippen LogP contribution in [-0.2, 0) is 0 Å². The monoisotopic (exact) mass is 452 g/mol. The molecule has 0 radical (unpaired) electrons. The third kappa shape index (κ3) is 11.1. The molecule has 0 N–H and O–H groups in total. The quantitative estimate of drug-likeness (QED) is 0.105. The van der Waals surface area contributed by atoms with Crippen LogP contribution >= 0.6 is 0 Å². The SMILES string of the molecule is C=CCCCCCCCCCOc1ccc(OC(=O)c2ccc(OC[C@@H](C)CC)cc2)cc1. The number of ether oxygens (including phenoxy) is 3. The van der Waals surface area contributed by atoms with Gasteiger partial charge in [0.05, 0.1) is 18.8 Å². The Hall–Kier alpha value is -2.75. The number of rotatable bonds is 17. The van der Waals surface area contributed by atoms with Gasteiger partial charge in [-0.05, 0) is 73.7 Å². The van der Waals surface area contributed by atoms with Crippen LogP contribution in [-0.4, -0.2) is 19.2 Å². The normalized spacial score (nSPS) is 11.6. The Morgan fingerprint density at radius 1 is 0.818 bits per heavy atom. The number of benzene rings is 2. The van der Waals surface area contributed by atoms with E-state index in [9.17, 15) is 4.79 Å². The molecule has 0 aliphatic carbocycles. The Labute approximate surface area is 200 Å². The van der Waals surface area contributed by atoms with Crippen LogP contribution in [0.4, 0.5) is 0 Å². The molecule has 0 aromatic heterocycles. The summed E-state index contributed by atoms with van der Waals surface area (Å²) in [6.07, 6.45) is 12.9. The Morgan fingerprint density at radius 3 is 2.00 bits per heavy atom. The summed E-state index contributed by atoms with van der Waals surface area (Å²) in [5.41, 5.74) is 0.493. The van der Waals surface area contributed by atoms with E-state index < -0.39 is 0 Å². The molecule has 180 valence electrons. The molecule has 0 heterocycles. The third-order valence-corrected chi connectivity index (χ3v) is 5.68. The predicted molar refractivity (Wildman–Crippen MR) is 135 cm³/mol. The molecule has 4 heteroatoms. The van der Waals surface area contributed by atoms with E-state index in [-0.39, 0.29) is 5.97 Å². The van der Waals surface area contributed by atoms with E-state index >= 15 is 0 Å². The van der Waals surface area contributed by atoms with Crippen molar-refractivity contribution in [3.8, 4) is 17.2 Å². The standard InChI is InChI=1S/C29H40O4/c1-4-6-7-8-9-10-11-12-13-22-31-26-18-20-28(21-19-26)33-29(30)25-14-16-27(17-15-25)32-23-24(3)5-2/h4,14-21,24H,1,5-13,22-23H2,2-3H3/t24-/m0/s1. The Balaban J connectivity index is 1.64. The van der Waals surface area contributed by atoms with E-state index in [0.29, 0.717) is 30.4 Å². The second-order valence-electron chi connectivity index (χ2n) is 8.61. The van der Waals surface area contributed by atoms with Crippen molar-refractivity contribution in [3.05, 3.63) is 66.7 Å². The highest BCUT2D eigenvalue weighted by Gasteiger charge is 2.09. The molecular formula is C29H40O4. The summed E-state index contributed by atoms with van der Waals surface area (Å²) in [4.78, 5) is 12.4. The van der Waals surface area contributed by atoms with Crippen LogP contribution in [0.15, 0.2) is 61.2 Å². The number of allylic oxidation sites excluding steroid dienone is 1. The van der Waals surface area contributed by atoms with Crippen molar-refractivity contribution in [2.75, 3.05) is 13.2 Å². The smallest absolute Gasteiger partial charge is 0.343 e. The minimum Gasteiger partial charge on any atom is -0.494 e. The first-order chi connectivity index (χ1) is 16.1. The van der Waals surface area contributed by atoms with E-state index in [1.54, 1.807) is 36.4 Å². The second-order valence-corrected chi connectivity index (χ2v) is 8.61. The van der Waals surface area contributed by atoms with Crippen molar-refractivity contribution in [2.24, 2.45) is 5.92 Å². The summed E-state index contributed by atoms with van der Waals surface area (Å²) in [5, 5.41) is 0. The fourth-order valence-electron chi connectivity index (χ4n) is 3.28. The Kier molecular flexibility index (Phi) is 12.8. The van der Waals surface area contributed by atoms with Crippen molar-refractivity contribution in [1.29, 1.82) is 0 Å². The van der Waals surface area contributed by atoms with Crippen LogP contribution in [0.3, 0.4) is 0 Å². The van der Waals surface area contributed by atoms with Crippen LogP contribution in [0.5, 0.6) is 17.2 Å². The molecule has 0 aliphatic rings. The number of esters is 1. The van der Waals surface area contributed by atoms with Crippen molar-refractivity contribution in [2.45, 2.75) is 71.6 Å². The fourth-order valence-corrected chi connectivity index (χ4v) is 3.28. The van der Waals surface area contributed by atoms with Crippen molar-refractivity contribution < 1.29 is 19.0 Å². The number of hydrogen-bond donors (Lipinski definition) is 0.